The van der Waals surface area contributed by atoms with Crippen LogP contribution in [0.4, 0.5) is 0 Å². The number of guanidine groups is 1. The van der Waals surface area contributed by atoms with Crippen LogP contribution >= 0.6 is 24.0 Å². The van der Waals surface area contributed by atoms with Crippen LogP contribution in [0.1, 0.15) is 52.4 Å². The lowest BCUT2D eigenvalue weighted by molar-refractivity contribution is -0.134. The lowest BCUT2D eigenvalue weighted by atomic mass is 10.0. The van der Waals surface area contributed by atoms with Crippen molar-refractivity contribution in [1.82, 2.24) is 15.1 Å². The van der Waals surface area contributed by atoms with Crippen LogP contribution < -0.4 is 10.1 Å². The Morgan fingerprint density at radius 3 is 2.53 bits per heavy atom. The van der Waals surface area contributed by atoms with Gasteiger partial charge in [-0.25, -0.2) is 0 Å². The highest BCUT2D eigenvalue weighted by molar-refractivity contribution is 14.0. The number of rotatable bonds is 6. The van der Waals surface area contributed by atoms with Gasteiger partial charge in [-0.05, 0) is 45.2 Å². The highest BCUT2D eigenvalue weighted by atomic mass is 127. The second kappa shape index (κ2) is 13.0. The maximum atomic E-state index is 12.5. The molecule has 2 heterocycles. The lowest BCUT2D eigenvalue weighted by Crippen LogP contribution is -2.47. The Balaban J connectivity index is 0.00000320. The van der Waals surface area contributed by atoms with Gasteiger partial charge in [-0.3, -0.25) is 9.79 Å². The summed E-state index contributed by atoms with van der Waals surface area (Å²) in [6.45, 7) is 8.36. The molecule has 0 radical (unpaired) electrons. The molecule has 3 rings (SSSR count). The van der Waals surface area contributed by atoms with E-state index in [0.717, 1.165) is 63.6 Å². The summed E-state index contributed by atoms with van der Waals surface area (Å²) in [5.74, 6) is 2.11. The predicted molar refractivity (Wildman–Crippen MR) is 133 cm³/mol. The number of ether oxygens (including phenoxy) is 1. The predicted octanol–water partition coefficient (Wildman–Crippen LogP) is 3.90. The Hall–Kier alpha value is -1.51. The number of carbonyl (C=O) groups excluding carboxylic acids is 1. The fraction of sp³-hybridized carbons (Fsp3) is 0.652. The quantitative estimate of drug-likeness (QED) is 0.346. The molecule has 1 N–H and O–H groups in total. The van der Waals surface area contributed by atoms with Gasteiger partial charge in [0.1, 0.15) is 11.9 Å². The highest BCUT2D eigenvalue weighted by Crippen LogP contribution is 2.19. The molecule has 1 aromatic carbocycles. The molecule has 1 atom stereocenters. The molecule has 7 heteroatoms. The van der Waals surface area contributed by atoms with E-state index < -0.39 is 0 Å². The minimum Gasteiger partial charge on any atom is -0.490 e. The summed E-state index contributed by atoms with van der Waals surface area (Å²) in [5, 5.41) is 3.39. The van der Waals surface area contributed by atoms with Gasteiger partial charge in [-0.2, -0.15) is 0 Å². The molecule has 1 amide bonds. The topological polar surface area (TPSA) is 57.2 Å². The van der Waals surface area contributed by atoms with E-state index >= 15 is 0 Å². The number of piperidine rings is 2. The molecule has 2 saturated heterocycles. The first-order chi connectivity index (χ1) is 14.2. The number of likely N-dealkylation sites (tertiary alicyclic amines) is 2. The first kappa shape index (κ1) is 24.8. The molecule has 0 bridgehead atoms. The Morgan fingerprint density at radius 1 is 1.13 bits per heavy atom. The van der Waals surface area contributed by atoms with Crippen LogP contribution in [0, 0.1) is 0 Å². The molecule has 1 aromatic rings. The summed E-state index contributed by atoms with van der Waals surface area (Å²) in [6.07, 6.45) is 6.18. The van der Waals surface area contributed by atoms with Crippen molar-refractivity contribution in [1.29, 1.82) is 0 Å². The average molecular weight is 528 g/mol. The summed E-state index contributed by atoms with van der Waals surface area (Å²) in [6, 6.07) is 10.4. The van der Waals surface area contributed by atoms with Crippen molar-refractivity contribution in [3.05, 3.63) is 30.3 Å². The SMILES string of the molecule is CCNC(=NCCC(=O)N1CCCCC1C)N1CCC(Oc2ccccc2)CC1.I. The molecule has 2 aliphatic heterocycles. The van der Waals surface area contributed by atoms with Crippen molar-refractivity contribution in [2.75, 3.05) is 32.7 Å². The number of carbonyl (C=O) groups is 1. The van der Waals surface area contributed by atoms with Crippen LogP contribution in [-0.4, -0.2) is 66.5 Å². The fourth-order valence-electron chi connectivity index (χ4n) is 4.17. The number of para-hydroxylation sites is 1. The number of halogens is 1. The van der Waals surface area contributed by atoms with Gasteiger partial charge in [-0.1, -0.05) is 18.2 Å². The molecule has 6 nitrogen and oxygen atoms in total. The largest absolute Gasteiger partial charge is 0.490 e. The number of aliphatic imine (C=N–C) groups is 1. The van der Waals surface area contributed by atoms with Crippen LogP contribution in [-0.2, 0) is 4.79 Å². The molecule has 168 valence electrons. The average Bonchev–Trinajstić information content (AvgIpc) is 2.75. The van der Waals surface area contributed by atoms with Gasteiger partial charge in [0.25, 0.3) is 0 Å². The third kappa shape index (κ3) is 7.32. The summed E-state index contributed by atoms with van der Waals surface area (Å²) in [5.41, 5.74) is 0. The van der Waals surface area contributed by atoms with Crippen molar-refractivity contribution in [2.45, 2.75) is 64.5 Å². The molecule has 0 aromatic heterocycles. The van der Waals surface area contributed by atoms with Gasteiger partial charge in [0.05, 0.1) is 6.54 Å². The van der Waals surface area contributed by atoms with Crippen molar-refractivity contribution >= 4 is 35.8 Å². The van der Waals surface area contributed by atoms with Gasteiger partial charge >= 0.3 is 0 Å². The number of benzene rings is 1. The number of amides is 1. The second-order valence-electron chi connectivity index (χ2n) is 8.03. The standard InChI is InChI=1S/C23H36N4O2.HI/c1-3-24-23(25-15-12-22(28)27-16-8-7-9-19(27)2)26-17-13-21(14-18-26)29-20-10-5-4-6-11-20;/h4-6,10-11,19,21H,3,7-9,12-18H2,1-2H3,(H,24,25);1H. The lowest BCUT2D eigenvalue weighted by Gasteiger charge is -2.34. The van der Waals surface area contributed by atoms with Crippen LogP contribution in [0.3, 0.4) is 0 Å². The zero-order chi connectivity index (χ0) is 20.5. The third-order valence-corrected chi connectivity index (χ3v) is 5.83. The van der Waals surface area contributed by atoms with Gasteiger partial charge in [-0.15, -0.1) is 24.0 Å². The molecule has 1 unspecified atom stereocenters. The van der Waals surface area contributed by atoms with Crippen molar-refractivity contribution in [2.24, 2.45) is 4.99 Å². The molecular formula is C23H37IN4O2. The molecule has 2 fully saturated rings. The van der Waals surface area contributed by atoms with E-state index in [2.05, 4.69) is 24.1 Å². The summed E-state index contributed by atoms with van der Waals surface area (Å²) in [4.78, 5) is 21.6. The Bertz CT molecular complexity index is 662. The Labute approximate surface area is 198 Å². The molecule has 30 heavy (non-hydrogen) atoms. The van der Waals surface area contributed by atoms with Gasteiger partial charge in [0.2, 0.25) is 5.91 Å². The van der Waals surface area contributed by atoms with Gasteiger partial charge in [0.15, 0.2) is 5.96 Å². The third-order valence-electron chi connectivity index (χ3n) is 5.83. The fourth-order valence-corrected chi connectivity index (χ4v) is 4.17. The molecular weight excluding hydrogens is 491 g/mol. The van der Waals surface area contributed by atoms with E-state index in [1.54, 1.807) is 0 Å². The van der Waals surface area contributed by atoms with Crippen molar-refractivity contribution in [3.8, 4) is 5.75 Å². The maximum absolute atomic E-state index is 12.5. The summed E-state index contributed by atoms with van der Waals surface area (Å²) >= 11 is 0. The second-order valence-corrected chi connectivity index (χ2v) is 8.03. The minimum atomic E-state index is 0. The minimum absolute atomic E-state index is 0. The van der Waals surface area contributed by atoms with E-state index in [9.17, 15) is 4.79 Å². The molecule has 0 spiro atoms. The van der Waals surface area contributed by atoms with Gasteiger partial charge in [0, 0.05) is 51.5 Å². The maximum Gasteiger partial charge on any atom is 0.224 e. The molecule has 2 aliphatic rings. The van der Waals surface area contributed by atoms with E-state index in [1.165, 1.54) is 6.42 Å². The van der Waals surface area contributed by atoms with Crippen LogP contribution in [0.5, 0.6) is 5.75 Å². The summed E-state index contributed by atoms with van der Waals surface area (Å²) in [7, 11) is 0. The number of hydrogen-bond acceptors (Lipinski definition) is 3. The zero-order valence-electron chi connectivity index (χ0n) is 18.4. The molecule has 0 saturated carbocycles. The van der Waals surface area contributed by atoms with E-state index in [1.807, 2.05) is 35.2 Å². The van der Waals surface area contributed by atoms with Crippen LogP contribution in [0.2, 0.25) is 0 Å². The normalized spacial score (nSPS) is 20.5. The summed E-state index contributed by atoms with van der Waals surface area (Å²) < 4.78 is 6.10. The first-order valence-electron chi connectivity index (χ1n) is 11.2. The van der Waals surface area contributed by atoms with Gasteiger partial charge < -0.3 is 19.9 Å². The van der Waals surface area contributed by atoms with Crippen molar-refractivity contribution in [3.63, 3.8) is 0 Å². The van der Waals surface area contributed by atoms with E-state index in [-0.39, 0.29) is 36.0 Å². The van der Waals surface area contributed by atoms with E-state index in [4.69, 9.17) is 9.73 Å². The number of nitrogens with one attached hydrogen (secondary N) is 1. The zero-order valence-corrected chi connectivity index (χ0v) is 20.7. The number of hydrogen-bond donors (Lipinski definition) is 1. The molecule has 0 aliphatic carbocycles. The Kier molecular flexibility index (Phi) is 10.7. The van der Waals surface area contributed by atoms with Crippen LogP contribution in [0.25, 0.3) is 0 Å². The van der Waals surface area contributed by atoms with E-state index in [0.29, 0.717) is 19.0 Å². The smallest absolute Gasteiger partial charge is 0.224 e. The van der Waals surface area contributed by atoms with Crippen LogP contribution in [0.15, 0.2) is 35.3 Å². The first-order valence-corrected chi connectivity index (χ1v) is 11.2. The number of nitrogens with zero attached hydrogens (tertiary/aromatic N) is 3. The van der Waals surface area contributed by atoms with Crippen molar-refractivity contribution < 1.29 is 9.53 Å². The Morgan fingerprint density at radius 2 is 1.87 bits per heavy atom. The monoisotopic (exact) mass is 528 g/mol. The highest BCUT2D eigenvalue weighted by Gasteiger charge is 2.24.